The lowest BCUT2D eigenvalue weighted by Crippen LogP contribution is -2.45. The number of aromatic amines is 1. The van der Waals surface area contributed by atoms with Crippen molar-refractivity contribution in [3.05, 3.63) is 41.5 Å². The molecule has 34 heavy (non-hydrogen) atoms. The van der Waals surface area contributed by atoms with E-state index in [4.69, 9.17) is 4.74 Å². The molecule has 1 aliphatic heterocycles. The Kier molecular flexibility index (Phi) is 4.99. The van der Waals surface area contributed by atoms with E-state index in [0.717, 1.165) is 10.4 Å². The number of aromatic nitrogens is 4. The Hall–Kier alpha value is -3.70. The predicted molar refractivity (Wildman–Crippen MR) is 129 cm³/mol. The summed E-state index contributed by atoms with van der Waals surface area (Å²) in [5.74, 6) is 0.209. The van der Waals surface area contributed by atoms with Gasteiger partial charge in [0.25, 0.3) is 11.8 Å². The molecule has 4 heterocycles. The molecule has 11 heteroatoms. The van der Waals surface area contributed by atoms with Gasteiger partial charge in [0, 0.05) is 22.7 Å². The molecule has 1 aromatic carbocycles. The van der Waals surface area contributed by atoms with E-state index in [9.17, 15) is 14.7 Å². The number of imidazole rings is 1. The quantitative estimate of drug-likeness (QED) is 0.345. The molecule has 5 rings (SSSR count). The second kappa shape index (κ2) is 7.67. The van der Waals surface area contributed by atoms with Crippen LogP contribution in [0.1, 0.15) is 37.4 Å². The number of amides is 2. The molecule has 1 aliphatic rings. The summed E-state index contributed by atoms with van der Waals surface area (Å²) in [6.07, 6.45) is 3.46. The molecule has 0 atom stereocenters. The topological polar surface area (TPSA) is 134 Å². The fourth-order valence-electron chi connectivity index (χ4n) is 3.73. The van der Waals surface area contributed by atoms with Gasteiger partial charge >= 0.3 is 0 Å². The number of benzene rings is 1. The van der Waals surface area contributed by atoms with Gasteiger partial charge in [0.05, 0.1) is 39.9 Å². The van der Waals surface area contributed by atoms with Gasteiger partial charge in [-0.05, 0) is 45.9 Å². The number of hydrogen-bond acceptors (Lipinski definition) is 7. The van der Waals surface area contributed by atoms with Gasteiger partial charge in [-0.1, -0.05) is 0 Å². The van der Waals surface area contributed by atoms with E-state index in [1.807, 2.05) is 6.07 Å². The minimum Gasteiger partial charge on any atom is -0.476 e. The zero-order valence-corrected chi connectivity index (χ0v) is 19.9. The summed E-state index contributed by atoms with van der Waals surface area (Å²) < 4.78 is 7.65. The van der Waals surface area contributed by atoms with Crippen molar-refractivity contribution in [3.8, 4) is 16.2 Å². The highest BCUT2D eigenvalue weighted by atomic mass is 32.1. The lowest BCUT2D eigenvalue weighted by Gasteiger charge is -2.31. The molecule has 0 saturated heterocycles. The van der Waals surface area contributed by atoms with Crippen molar-refractivity contribution in [2.24, 2.45) is 0 Å². The Morgan fingerprint density at radius 1 is 1.32 bits per heavy atom. The molecular formula is C23H24N6O4S. The van der Waals surface area contributed by atoms with Gasteiger partial charge in [-0.25, -0.2) is 4.98 Å². The lowest BCUT2D eigenvalue weighted by molar-refractivity contribution is -0.129. The van der Waals surface area contributed by atoms with Crippen LogP contribution >= 0.6 is 11.3 Å². The van der Waals surface area contributed by atoms with E-state index < -0.39 is 11.2 Å². The van der Waals surface area contributed by atoms with Gasteiger partial charge < -0.3 is 19.7 Å². The van der Waals surface area contributed by atoms with Crippen LogP contribution in [0.25, 0.3) is 21.5 Å². The van der Waals surface area contributed by atoms with Crippen LogP contribution in [0, 0.1) is 0 Å². The van der Waals surface area contributed by atoms with Crippen LogP contribution in [0.4, 0.5) is 11.6 Å². The van der Waals surface area contributed by atoms with E-state index in [1.54, 1.807) is 62.9 Å². The van der Waals surface area contributed by atoms with Crippen molar-refractivity contribution in [1.29, 1.82) is 0 Å². The average Bonchev–Trinajstić information content (AvgIpc) is 3.47. The molecule has 0 unspecified atom stereocenters. The largest absolute Gasteiger partial charge is 0.476 e. The number of thiophene rings is 1. The van der Waals surface area contributed by atoms with Gasteiger partial charge in [-0.2, -0.15) is 5.10 Å². The van der Waals surface area contributed by atoms with Crippen LogP contribution in [0.15, 0.2) is 36.7 Å². The maximum atomic E-state index is 13.1. The van der Waals surface area contributed by atoms with Crippen molar-refractivity contribution in [1.82, 2.24) is 19.7 Å². The van der Waals surface area contributed by atoms with E-state index in [1.165, 1.54) is 11.3 Å². The first-order chi connectivity index (χ1) is 16.0. The number of fused-ring (bicyclic) bond motifs is 2. The molecular weight excluding hydrogens is 456 g/mol. The third kappa shape index (κ3) is 4.03. The van der Waals surface area contributed by atoms with E-state index >= 15 is 0 Å². The fourth-order valence-corrected chi connectivity index (χ4v) is 4.62. The number of aliphatic hydroxyl groups is 1. The van der Waals surface area contributed by atoms with Crippen molar-refractivity contribution in [3.63, 3.8) is 0 Å². The molecule has 176 valence electrons. The summed E-state index contributed by atoms with van der Waals surface area (Å²) in [7, 11) is 0. The van der Waals surface area contributed by atoms with Crippen LogP contribution in [-0.2, 0) is 11.3 Å². The van der Waals surface area contributed by atoms with Gasteiger partial charge in [0.1, 0.15) is 5.75 Å². The van der Waals surface area contributed by atoms with Crippen molar-refractivity contribution in [2.75, 3.05) is 10.6 Å². The highest BCUT2D eigenvalue weighted by Gasteiger charge is 2.36. The van der Waals surface area contributed by atoms with Crippen LogP contribution in [0.5, 0.6) is 5.75 Å². The van der Waals surface area contributed by atoms with Gasteiger partial charge in [0.2, 0.25) is 5.95 Å². The molecule has 3 aromatic heterocycles. The number of H-pyrrole nitrogens is 1. The smallest absolute Gasteiger partial charge is 0.268 e. The minimum atomic E-state index is -1.07. The monoisotopic (exact) mass is 480 g/mol. The van der Waals surface area contributed by atoms with E-state index in [0.29, 0.717) is 27.3 Å². The van der Waals surface area contributed by atoms with E-state index in [2.05, 4.69) is 25.8 Å². The summed E-state index contributed by atoms with van der Waals surface area (Å²) in [6, 6.07) is 7.08. The Morgan fingerprint density at radius 2 is 2.12 bits per heavy atom. The number of hydrogen-bond donors (Lipinski definition) is 4. The molecule has 0 bridgehead atoms. The standard InChI is InChI=1S/C23H24N6O4S/c1-22(2,32)11-29-15-8-16-14(26-20(31)23(3,4)33-16)7-13(15)27-21(29)28-19(30)18-6-5-17(34-18)12-9-24-25-10-12/h5-10,32H,11H2,1-4H3,(H,24,25)(H,26,31)(H,27,28,30). The zero-order chi connectivity index (χ0) is 24.3. The van der Waals surface area contributed by atoms with Crippen LogP contribution in [0.3, 0.4) is 0 Å². The molecule has 2 amide bonds. The number of ether oxygens (including phenoxy) is 1. The summed E-state index contributed by atoms with van der Waals surface area (Å²) in [6.45, 7) is 6.92. The summed E-state index contributed by atoms with van der Waals surface area (Å²) in [4.78, 5) is 31.4. The number of nitrogens with zero attached hydrogens (tertiary/aromatic N) is 3. The minimum absolute atomic E-state index is 0.179. The van der Waals surface area contributed by atoms with E-state index in [-0.39, 0.29) is 24.3 Å². The zero-order valence-electron chi connectivity index (χ0n) is 19.1. The van der Waals surface area contributed by atoms with Crippen LogP contribution in [-0.4, -0.2) is 47.9 Å². The number of carbonyl (C=O) groups is 2. The molecule has 4 aromatic rings. The first-order valence-corrected chi connectivity index (χ1v) is 11.5. The normalized spacial score (nSPS) is 15.0. The highest BCUT2D eigenvalue weighted by molar-refractivity contribution is 7.17. The predicted octanol–water partition coefficient (Wildman–Crippen LogP) is 3.62. The number of nitrogens with one attached hydrogen (secondary N) is 3. The molecule has 0 spiro atoms. The SMILES string of the molecule is CC(C)(O)Cn1c(NC(=O)c2ccc(-c3cn[nH]c3)s2)nc2cc3c(cc21)OC(C)(C)C(=O)N3. The first kappa shape index (κ1) is 22.1. The summed E-state index contributed by atoms with van der Waals surface area (Å²) >= 11 is 1.34. The molecule has 0 saturated carbocycles. The molecule has 4 N–H and O–H groups in total. The number of anilines is 2. The van der Waals surface area contributed by atoms with Crippen LogP contribution < -0.4 is 15.4 Å². The second-order valence-corrected chi connectivity index (χ2v) is 10.4. The Labute approximate surface area is 199 Å². The van der Waals surface area contributed by atoms with Crippen molar-refractivity contribution >= 4 is 45.8 Å². The Bertz CT molecular complexity index is 1410. The molecule has 0 fully saturated rings. The first-order valence-electron chi connectivity index (χ1n) is 10.7. The van der Waals surface area contributed by atoms with Gasteiger partial charge in [0.15, 0.2) is 5.60 Å². The number of carbonyl (C=O) groups excluding carboxylic acids is 2. The number of rotatable bonds is 5. The van der Waals surface area contributed by atoms with Gasteiger partial charge in [-0.15, -0.1) is 11.3 Å². The van der Waals surface area contributed by atoms with Gasteiger partial charge in [-0.3, -0.25) is 20.0 Å². The fraction of sp³-hybridized carbons (Fsp3) is 0.304. The lowest BCUT2D eigenvalue weighted by atomic mass is 10.1. The maximum absolute atomic E-state index is 13.1. The van der Waals surface area contributed by atoms with Crippen molar-refractivity contribution in [2.45, 2.75) is 45.4 Å². The third-order valence-corrected chi connectivity index (χ3v) is 6.53. The second-order valence-electron chi connectivity index (χ2n) is 9.34. The molecule has 0 radical (unpaired) electrons. The summed E-state index contributed by atoms with van der Waals surface area (Å²) in [5.41, 5.74) is 0.513. The highest BCUT2D eigenvalue weighted by Crippen LogP contribution is 2.38. The molecule has 0 aliphatic carbocycles. The average molecular weight is 481 g/mol. The third-order valence-electron chi connectivity index (χ3n) is 5.39. The maximum Gasteiger partial charge on any atom is 0.268 e. The molecule has 10 nitrogen and oxygen atoms in total. The van der Waals surface area contributed by atoms with Crippen LogP contribution in [0.2, 0.25) is 0 Å². The van der Waals surface area contributed by atoms with Crippen molar-refractivity contribution < 1.29 is 19.4 Å². The summed E-state index contributed by atoms with van der Waals surface area (Å²) in [5, 5.41) is 23.0. The Morgan fingerprint density at radius 3 is 2.82 bits per heavy atom. The Balaban J connectivity index is 1.53.